The molecule has 2 N–H and O–H groups in total. The van der Waals surface area contributed by atoms with E-state index in [0.717, 1.165) is 32.5 Å². The Labute approximate surface area is 103 Å². The lowest BCUT2D eigenvalue weighted by atomic mass is 10.2. The Morgan fingerprint density at radius 2 is 1.76 bits per heavy atom. The Bertz CT molecular complexity index is 228. The van der Waals surface area contributed by atoms with Gasteiger partial charge in [-0.1, -0.05) is 6.42 Å². The molecule has 100 valence electrons. The van der Waals surface area contributed by atoms with Crippen LogP contribution in [0.1, 0.15) is 39.5 Å². The van der Waals surface area contributed by atoms with Gasteiger partial charge in [-0.2, -0.15) is 0 Å². The van der Waals surface area contributed by atoms with Crippen LogP contribution in [0.5, 0.6) is 0 Å². The zero-order valence-electron chi connectivity index (χ0n) is 10.9. The third kappa shape index (κ3) is 8.68. The van der Waals surface area contributed by atoms with Gasteiger partial charge in [0.15, 0.2) is 0 Å². The molecular formula is C12H24N2O3. The highest BCUT2D eigenvalue weighted by atomic mass is 16.4. The average Bonchev–Trinajstić information content (AvgIpc) is 2.29. The molecule has 0 rings (SSSR count). The molecule has 0 heterocycles. The number of hydrogen-bond acceptors (Lipinski definition) is 3. The van der Waals surface area contributed by atoms with Gasteiger partial charge in [0.25, 0.3) is 0 Å². The van der Waals surface area contributed by atoms with Gasteiger partial charge in [0.1, 0.15) is 0 Å². The zero-order chi connectivity index (χ0) is 13.1. The van der Waals surface area contributed by atoms with Gasteiger partial charge in [0.2, 0.25) is 5.91 Å². The molecule has 0 unspecified atom stereocenters. The predicted molar refractivity (Wildman–Crippen MR) is 66.9 cm³/mol. The van der Waals surface area contributed by atoms with Gasteiger partial charge in [-0.05, 0) is 33.2 Å². The van der Waals surface area contributed by atoms with Crippen LogP contribution in [-0.2, 0) is 9.59 Å². The van der Waals surface area contributed by atoms with E-state index in [1.807, 2.05) is 13.8 Å². The summed E-state index contributed by atoms with van der Waals surface area (Å²) in [5, 5.41) is 11.5. The monoisotopic (exact) mass is 244 g/mol. The highest BCUT2D eigenvalue weighted by Crippen LogP contribution is 1.98. The molecule has 0 fully saturated rings. The van der Waals surface area contributed by atoms with Crippen molar-refractivity contribution in [3.63, 3.8) is 0 Å². The third-order valence-corrected chi connectivity index (χ3v) is 2.64. The molecule has 0 aromatic rings. The lowest BCUT2D eigenvalue weighted by molar-refractivity contribution is -0.137. The number of carbonyl (C=O) groups is 2. The molecule has 17 heavy (non-hydrogen) atoms. The van der Waals surface area contributed by atoms with Crippen LogP contribution in [0.25, 0.3) is 0 Å². The number of carbonyl (C=O) groups excluding carboxylic acids is 1. The number of nitrogens with zero attached hydrogens (tertiary/aromatic N) is 1. The standard InChI is InChI=1S/C12H24N2O3/c1-3-14(4-2)11(15)10-13-9-7-5-6-8-12(16)17/h13H,3-10H2,1-2H3,(H,16,17). The van der Waals surface area contributed by atoms with E-state index in [2.05, 4.69) is 5.32 Å². The first kappa shape index (κ1) is 15.9. The maximum Gasteiger partial charge on any atom is 0.303 e. The van der Waals surface area contributed by atoms with Crippen LogP contribution in [-0.4, -0.2) is 48.1 Å². The number of carboxylic acids is 1. The summed E-state index contributed by atoms with van der Waals surface area (Å²) < 4.78 is 0. The lowest BCUT2D eigenvalue weighted by Crippen LogP contribution is -2.38. The van der Waals surface area contributed by atoms with Crippen LogP contribution in [0, 0.1) is 0 Å². The molecule has 0 bridgehead atoms. The molecule has 0 aromatic carbocycles. The topological polar surface area (TPSA) is 69.6 Å². The van der Waals surface area contributed by atoms with Crippen molar-refractivity contribution >= 4 is 11.9 Å². The third-order valence-electron chi connectivity index (χ3n) is 2.64. The Morgan fingerprint density at radius 1 is 1.12 bits per heavy atom. The van der Waals surface area contributed by atoms with E-state index >= 15 is 0 Å². The number of amides is 1. The highest BCUT2D eigenvalue weighted by Gasteiger charge is 2.07. The van der Waals surface area contributed by atoms with Gasteiger partial charge in [-0.15, -0.1) is 0 Å². The summed E-state index contributed by atoms with van der Waals surface area (Å²) in [5.41, 5.74) is 0. The van der Waals surface area contributed by atoms with Crippen LogP contribution in [0.15, 0.2) is 0 Å². The van der Waals surface area contributed by atoms with Crippen molar-refractivity contribution in [3.8, 4) is 0 Å². The Balaban J connectivity index is 3.39. The summed E-state index contributed by atoms with van der Waals surface area (Å²) >= 11 is 0. The summed E-state index contributed by atoms with van der Waals surface area (Å²) in [6.45, 7) is 6.57. The normalized spacial score (nSPS) is 10.2. The van der Waals surface area contributed by atoms with E-state index < -0.39 is 5.97 Å². The molecule has 0 spiro atoms. The second-order valence-corrected chi connectivity index (χ2v) is 3.95. The maximum absolute atomic E-state index is 11.6. The van der Waals surface area contributed by atoms with Gasteiger partial charge in [0, 0.05) is 19.5 Å². The molecule has 0 aliphatic carbocycles. The largest absolute Gasteiger partial charge is 0.481 e. The van der Waals surface area contributed by atoms with Crippen molar-refractivity contribution < 1.29 is 14.7 Å². The van der Waals surface area contributed by atoms with E-state index in [1.165, 1.54) is 0 Å². The average molecular weight is 244 g/mol. The fraction of sp³-hybridized carbons (Fsp3) is 0.833. The lowest BCUT2D eigenvalue weighted by Gasteiger charge is -2.18. The summed E-state index contributed by atoms with van der Waals surface area (Å²) in [6.07, 6.45) is 2.75. The molecule has 5 nitrogen and oxygen atoms in total. The second-order valence-electron chi connectivity index (χ2n) is 3.95. The number of aliphatic carboxylic acids is 1. The molecule has 0 radical (unpaired) electrons. The van der Waals surface area contributed by atoms with Crippen LogP contribution in [0.3, 0.4) is 0 Å². The minimum absolute atomic E-state index is 0.125. The number of likely N-dealkylation sites (N-methyl/N-ethyl adjacent to an activating group) is 1. The molecule has 0 saturated carbocycles. The summed E-state index contributed by atoms with van der Waals surface area (Å²) in [5.74, 6) is -0.616. The minimum atomic E-state index is -0.741. The van der Waals surface area contributed by atoms with Gasteiger partial charge in [-0.3, -0.25) is 9.59 Å². The van der Waals surface area contributed by atoms with Crippen LogP contribution < -0.4 is 5.32 Å². The first-order chi connectivity index (χ1) is 8.11. The fourth-order valence-electron chi connectivity index (χ4n) is 1.59. The van der Waals surface area contributed by atoms with Crippen LogP contribution >= 0.6 is 0 Å². The smallest absolute Gasteiger partial charge is 0.303 e. The molecule has 0 aliphatic heterocycles. The summed E-state index contributed by atoms with van der Waals surface area (Å²) in [7, 11) is 0. The summed E-state index contributed by atoms with van der Waals surface area (Å²) in [4.78, 5) is 23.6. The van der Waals surface area contributed by atoms with Gasteiger partial charge >= 0.3 is 5.97 Å². The second kappa shape index (κ2) is 10.1. The van der Waals surface area contributed by atoms with Gasteiger partial charge in [0.05, 0.1) is 6.54 Å². The minimum Gasteiger partial charge on any atom is -0.481 e. The molecular weight excluding hydrogens is 220 g/mol. The number of rotatable bonds is 10. The van der Waals surface area contributed by atoms with Crippen molar-refractivity contribution in [2.75, 3.05) is 26.2 Å². The van der Waals surface area contributed by atoms with Crippen LogP contribution in [0.2, 0.25) is 0 Å². The van der Waals surface area contributed by atoms with Gasteiger partial charge in [-0.25, -0.2) is 0 Å². The quantitative estimate of drug-likeness (QED) is 0.564. The van der Waals surface area contributed by atoms with E-state index in [9.17, 15) is 9.59 Å². The van der Waals surface area contributed by atoms with E-state index in [0.29, 0.717) is 13.0 Å². The van der Waals surface area contributed by atoms with E-state index in [4.69, 9.17) is 5.11 Å². The predicted octanol–water partition coefficient (Wildman–Crippen LogP) is 1.09. The number of hydrogen-bond donors (Lipinski definition) is 2. The molecule has 0 atom stereocenters. The van der Waals surface area contributed by atoms with Crippen molar-refractivity contribution in [1.29, 1.82) is 0 Å². The Morgan fingerprint density at radius 3 is 2.29 bits per heavy atom. The van der Waals surface area contributed by atoms with E-state index in [-0.39, 0.29) is 12.3 Å². The Kier molecular flexibility index (Phi) is 9.43. The fourth-order valence-corrected chi connectivity index (χ4v) is 1.59. The number of unbranched alkanes of at least 4 members (excludes halogenated alkanes) is 2. The Hall–Kier alpha value is -1.10. The molecule has 1 amide bonds. The first-order valence-electron chi connectivity index (χ1n) is 6.32. The van der Waals surface area contributed by atoms with Crippen molar-refractivity contribution in [2.24, 2.45) is 0 Å². The summed E-state index contributed by atoms with van der Waals surface area (Å²) in [6, 6.07) is 0. The number of carboxylic acid groups (broad SMARTS) is 1. The molecule has 5 heteroatoms. The van der Waals surface area contributed by atoms with Crippen molar-refractivity contribution in [3.05, 3.63) is 0 Å². The van der Waals surface area contributed by atoms with Crippen LogP contribution in [0.4, 0.5) is 0 Å². The van der Waals surface area contributed by atoms with Gasteiger partial charge < -0.3 is 15.3 Å². The molecule has 0 aliphatic rings. The highest BCUT2D eigenvalue weighted by molar-refractivity contribution is 5.78. The first-order valence-corrected chi connectivity index (χ1v) is 6.32. The van der Waals surface area contributed by atoms with E-state index in [1.54, 1.807) is 4.90 Å². The SMILES string of the molecule is CCN(CC)C(=O)CNCCCCCC(=O)O. The van der Waals surface area contributed by atoms with Crippen molar-refractivity contribution in [1.82, 2.24) is 10.2 Å². The van der Waals surface area contributed by atoms with Crippen molar-refractivity contribution in [2.45, 2.75) is 39.5 Å². The zero-order valence-corrected chi connectivity index (χ0v) is 10.9. The maximum atomic E-state index is 11.6. The molecule has 0 aromatic heterocycles. The number of nitrogens with one attached hydrogen (secondary N) is 1. The molecule has 0 saturated heterocycles.